The third-order valence-electron chi connectivity index (χ3n) is 3.33. The molecule has 114 valence electrons. The lowest BCUT2D eigenvalue weighted by molar-refractivity contribution is -0.136. The van der Waals surface area contributed by atoms with E-state index in [-0.39, 0.29) is 6.04 Å². The van der Waals surface area contributed by atoms with E-state index in [1.807, 2.05) is 54.6 Å². The fourth-order valence-corrected chi connectivity index (χ4v) is 2.12. The van der Waals surface area contributed by atoms with Crippen molar-refractivity contribution in [3.8, 4) is 5.75 Å². The van der Waals surface area contributed by atoms with Crippen molar-refractivity contribution in [1.29, 1.82) is 0 Å². The number of ether oxygens (including phenoxy) is 2. The number of carbonyl (C=O) groups excluding carboxylic acids is 1. The molecule has 0 aliphatic carbocycles. The third-order valence-corrected chi connectivity index (χ3v) is 3.33. The molecular weight excluding hydrogens is 278 g/mol. The molecule has 0 aliphatic heterocycles. The van der Waals surface area contributed by atoms with Gasteiger partial charge in [0.05, 0.1) is 25.8 Å². The molecule has 0 saturated heterocycles. The summed E-state index contributed by atoms with van der Waals surface area (Å²) in [7, 11) is 2.96. The zero-order valence-corrected chi connectivity index (χ0v) is 12.7. The summed E-state index contributed by atoms with van der Waals surface area (Å²) in [5.41, 5.74) is 2.14. The first-order valence-corrected chi connectivity index (χ1v) is 6.88. The van der Waals surface area contributed by atoms with Gasteiger partial charge >= 0.3 is 5.97 Å². The Morgan fingerprint density at radius 2 is 1.68 bits per heavy atom. The van der Waals surface area contributed by atoms with E-state index in [4.69, 9.17) is 9.47 Å². The van der Waals surface area contributed by atoms with Gasteiger partial charge in [-0.25, -0.2) is 4.79 Å². The van der Waals surface area contributed by atoms with E-state index in [2.05, 4.69) is 11.9 Å². The van der Waals surface area contributed by atoms with Gasteiger partial charge in [0.15, 0.2) is 0 Å². The first kappa shape index (κ1) is 15.6. The molecule has 2 rings (SSSR count). The molecule has 1 N–H and O–H groups in total. The minimum Gasteiger partial charge on any atom is -0.497 e. The number of anilines is 1. The summed E-state index contributed by atoms with van der Waals surface area (Å²) in [6.07, 6.45) is 0. The highest BCUT2D eigenvalue weighted by Crippen LogP contribution is 2.27. The number of hydrogen-bond donors (Lipinski definition) is 1. The van der Waals surface area contributed by atoms with Crippen molar-refractivity contribution in [2.45, 2.75) is 6.04 Å². The average molecular weight is 297 g/mol. The maximum Gasteiger partial charge on any atom is 0.335 e. The molecule has 1 atom stereocenters. The SMILES string of the molecule is C=C(C(=O)OC)[C@H](Nc1ccccc1)c1ccc(OC)cc1. The number of esters is 1. The molecule has 2 aromatic rings. The standard InChI is InChI=1S/C18H19NO3/c1-13(18(20)22-3)17(19-15-7-5-4-6-8-15)14-9-11-16(21-2)12-10-14/h4-12,17,19H,1H2,2-3H3/t17-/m0/s1. The molecule has 0 heterocycles. The van der Waals surface area contributed by atoms with Gasteiger partial charge in [-0.1, -0.05) is 36.9 Å². The highest BCUT2D eigenvalue weighted by atomic mass is 16.5. The maximum absolute atomic E-state index is 11.9. The summed E-state index contributed by atoms with van der Waals surface area (Å²) in [5.74, 6) is 0.315. The molecule has 22 heavy (non-hydrogen) atoms. The van der Waals surface area contributed by atoms with Crippen molar-refractivity contribution < 1.29 is 14.3 Å². The van der Waals surface area contributed by atoms with Crippen LogP contribution in [0.4, 0.5) is 5.69 Å². The normalized spacial score (nSPS) is 11.4. The van der Waals surface area contributed by atoms with Gasteiger partial charge in [-0.3, -0.25) is 0 Å². The van der Waals surface area contributed by atoms with Crippen LogP contribution in [-0.4, -0.2) is 20.2 Å². The second-order valence-electron chi connectivity index (χ2n) is 4.73. The smallest absolute Gasteiger partial charge is 0.335 e. The molecular formula is C18H19NO3. The number of rotatable bonds is 6. The number of nitrogens with one attached hydrogen (secondary N) is 1. The first-order chi connectivity index (χ1) is 10.7. The third kappa shape index (κ3) is 3.67. The molecule has 4 nitrogen and oxygen atoms in total. The molecule has 0 aliphatic rings. The summed E-state index contributed by atoms with van der Waals surface area (Å²) in [5, 5.41) is 3.31. The van der Waals surface area contributed by atoms with Gasteiger partial charge in [0.1, 0.15) is 5.75 Å². The van der Waals surface area contributed by atoms with Crippen molar-refractivity contribution >= 4 is 11.7 Å². The number of para-hydroxylation sites is 1. The Hall–Kier alpha value is -2.75. The number of benzene rings is 2. The fraction of sp³-hybridized carbons (Fsp3) is 0.167. The van der Waals surface area contributed by atoms with Crippen molar-refractivity contribution in [1.82, 2.24) is 0 Å². The van der Waals surface area contributed by atoms with Gasteiger partial charge in [-0.15, -0.1) is 0 Å². The second kappa shape index (κ2) is 7.31. The minimum atomic E-state index is -0.441. The molecule has 2 aromatic carbocycles. The van der Waals surface area contributed by atoms with Gasteiger partial charge in [-0.05, 0) is 29.8 Å². The van der Waals surface area contributed by atoms with Gasteiger partial charge in [0.2, 0.25) is 0 Å². The predicted molar refractivity (Wildman–Crippen MR) is 87.0 cm³/mol. The molecule has 0 amide bonds. The Kier molecular flexibility index (Phi) is 5.20. The first-order valence-electron chi connectivity index (χ1n) is 6.88. The summed E-state index contributed by atoms with van der Waals surface area (Å²) < 4.78 is 9.96. The lowest BCUT2D eigenvalue weighted by atomic mass is 9.99. The predicted octanol–water partition coefficient (Wildman–Crippen LogP) is 3.58. The molecule has 0 radical (unpaired) electrons. The fourth-order valence-electron chi connectivity index (χ4n) is 2.12. The summed E-state index contributed by atoms with van der Waals surface area (Å²) >= 11 is 0. The Balaban J connectivity index is 2.31. The zero-order chi connectivity index (χ0) is 15.9. The summed E-state index contributed by atoms with van der Waals surface area (Å²) in [4.78, 5) is 11.9. The van der Waals surface area contributed by atoms with E-state index >= 15 is 0 Å². The minimum absolute atomic E-state index is 0.344. The Labute approximate surface area is 130 Å². The van der Waals surface area contributed by atoms with Crippen LogP contribution in [0.3, 0.4) is 0 Å². The molecule has 0 fully saturated rings. The van der Waals surface area contributed by atoms with Crippen molar-refractivity contribution in [2.75, 3.05) is 19.5 Å². The van der Waals surface area contributed by atoms with E-state index < -0.39 is 5.97 Å². The van der Waals surface area contributed by atoms with E-state index in [0.717, 1.165) is 17.0 Å². The Morgan fingerprint density at radius 3 is 2.23 bits per heavy atom. The van der Waals surface area contributed by atoms with E-state index in [1.165, 1.54) is 7.11 Å². The molecule has 0 aromatic heterocycles. The van der Waals surface area contributed by atoms with Crippen LogP contribution in [0.2, 0.25) is 0 Å². The van der Waals surface area contributed by atoms with Crippen LogP contribution in [0.15, 0.2) is 66.7 Å². The lowest BCUT2D eigenvalue weighted by Gasteiger charge is -2.21. The van der Waals surface area contributed by atoms with Crippen molar-refractivity contribution in [3.63, 3.8) is 0 Å². The molecule has 0 unspecified atom stereocenters. The van der Waals surface area contributed by atoms with Gasteiger partial charge in [0, 0.05) is 5.69 Å². The molecule has 4 heteroatoms. The van der Waals surface area contributed by atoms with Crippen molar-refractivity contribution in [3.05, 3.63) is 72.3 Å². The van der Waals surface area contributed by atoms with Crippen molar-refractivity contribution in [2.24, 2.45) is 0 Å². The highest BCUT2D eigenvalue weighted by molar-refractivity contribution is 5.90. The lowest BCUT2D eigenvalue weighted by Crippen LogP contribution is -2.19. The van der Waals surface area contributed by atoms with E-state index in [0.29, 0.717) is 5.57 Å². The van der Waals surface area contributed by atoms with E-state index in [1.54, 1.807) is 7.11 Å². The quantitative estimate of drug-likeness (QED) is 0.654. The Bertz CT molecular complexity index is 635. The number of carbonyl (C=O) groups is 1. The van der Waals surface area contributed by atoms with Gasteiger partial charge < -0.3 is 14.8 Å². The topological polar surface area (TPSA) is 47.6 Å². The number of methoxy groups -OCH3 is 2. The van der Waals surface area contributed by atoms with Crippen LogP contribution in [0.5, 0.6) is 5.75 Å². The largest absolute Gasteiger partial charge is 0.497 e. The highest BCUT2D eigenvalue weighted by Gasteiger charge is 2.21. The second-order valence-corrected chi connectivity index (χ2v) is 4.73. The van der Waals surface area contributed by atoms with Gasteiger partial charge in [0.25, 0.3) is 0 Å². The van der Waals surface area contributed by atoms with Crippen LogP contribution in [0.1, 0.15) is 11.6 Å². The van der Waals surface area contributed by atoms with Gasteiger partial charge in [-0.2, -0.15) is 0 Å². The average Bonchev–Trinajstić information content (AvgIpc) is 2.59. The van der Waals surface area contributed by atoms with Crippen LogP contribution in [0, 0.1) is 0 Å². The van der Waals surface area contributed by atoms with E-state index in [9.17, 15) is 4.79 Å². The molecule has 0 spiro atoms. The molecule has 0 bridgehead atoms. The zero-order valence-electron chi connectivity index (χ0n) is 12.7. The summed E-state index contributed by atoms with van der Waals surface area (Å²) in [6.45, 7) is 3.87. The van der Waals surface area contributed by atoms with Crippen LogP contribution in [0.25, 0.3) is 0 Å². The monoisotopic (exact) mass is 297 g/mol. The summed E-state index contributed by atoms with van der Waals surface area (Å²) in [6, 6.07) is 16.8. The van der Waals surface area contributed by atoms with Crippen LogP contribution < -0.4 is 10.1 Å². The van der Waals surface area contributed by atoms with Crippen LogP contribution >= 0.6 is 0 Å². The van der Waals surface area contributed by atoms with Crippen LogP contribution in [-0.2, 0) is 9.53 Å². The maximum atomic E-state index is 11.9. The number of hydrogen-bond acceptors (Lipinski definition) is 4. The molecule has 0 saturated carbocycles. The Morgan fingerprint density at radius 1 is 1.05 bits per heavy atom.